The highest BCUT2D eigenvalue weighted by Gasteiger charge is 2.30. The number of amides is 1. The van der Waals surface area contributed by atoms with Crippen LogP contribution in [0, 0.1) is 6.92 Å². The fourth-order valence-corrected chi connectivity index (χ4v) is 5.46. The number of aromatic nitrogens is 4. The summed E-state index contributed by atoms with van der Waals surface area (Å²) in [6.45, 7) is 1.81. The summed E-state index contributed by atoms with van der Waals surface area (Å²) < 4.78 is 65.7. The van der Waals surface area contributed by atoms with Crippen molar-refractivity contribution in [3.05, 3.63) is 66.2 Å². The third kappa shape index (κ3) is 5.72. The molecular weight excluding hydrogens is 533 g/mol. The molecule has 0 saturated heterocycles. The number of halogens is 3. The first kappa shape index (κ1) is 26.6. The van der Waals surface area contributed by atoms with Gasteiger partial charge in [-0.3, -0.25) is 9.78 Å². The molecule has 4 aromatic rings. The van der Waals surface area contributed by atoms with Crippen LogP contribution < -0.4 is 10.6 Å². The van der Waals surface area contributed by atoms with Crippen molar-refractivity contribution in [2.75, 3.05) is 11.9 Å². The molecule has 39 heavy (non-hydrogen) atoms. The van der Waals surface area contributed by atoms with Gasteiger partial charge in [0.2, 0.25) is 5.91 Å². The molecule has 9 nitrogen and oxygen atoms in total. The van der Waals surface area contributed by atoms with Gasteiger partial charge in [0.15, 0.2) is 5.65 Å². The SMILES string of the molecule is Cc1ccc(S(=O)(=O)n2cc(-c3cncc(N[C@H](C)C(=O)NCC(F)(F)F)n3)c3cc(C4CC4)cnc32)cc1. The smallest absolute Gasteiger partial charge is 0.357 e. The zero-order valence-corrected chi connectivity index (χ0v) is 21.8. The number of alkyl halides is 3. The summed E-state index contributed by atoms with van der Waals surface area (Å²) >= 11 is 0. The van der Waals surface area contributed by atoms with Gasteiger partial charge in [-0.2, -0.15) is 13.2 Å². The molecule has 0 bridgehead atoms. The van der Waals surface area contributed by atoms with Gasteiger partial charge in [0.05, 0.1) is 23.0 Å². The van der Waals surface area contributed by atoms with Crippen molar-refractivity contribution in [2.45, 2.75) is 49.7 Å². The average Bonchev–Trinajstić information content (AvgIpc) is 3.67. The van der Waals surface area contributed by atoms with Crippen molar-refractivity contribution in [2.24, 2.45) is 0 Å². The van der Waals surface area contributed by atoms with E-state index in [-0.39, 0.29) is 16.4 Å². The van der Waals surface area contributed by atoms with Crippen LogP contribution >= 0.6 is 0 Å². The molecule has 1 saturated carbocycles. The maximum atomic E-state index is 13.6. The number of nitrogens with zero attached hydrogens (tertiary/aromatic N) is 4. The summed E-state index contributed by atoms with van der Waals surface area (Å²) in [4.78, 5) is 25.4. The molecule has 1 aliphatic rings. The van der Waals surface area contributed by atoms with Crippen molar-refractivity contribution < 1.29 is 26.4 Å². The molecule has 1 amide bonds. The minimum atomic E-state index is -4.53. The normalized spacial score (nSPS) is 14.8. The number of benzene rings is 1. The third-order valence-electron chi connectivity index (χ3n) is 6.39. The molecule has 1 aliphatic carbocycles. The van der Waals surface area contributed by atoms with E-state index in [1.54, 1.807) is 18.3 Å². The molecule has 1 atom stereocenters. The van der Waals surface area contributed by atoms with Gasteiger partial charge < -0.3 is 10.6 Å². The summed E-state index contributed by atoms with van der Waals surface area (Å²) in [7, 11) is -4.00. The maximum Gasteiger partial charge on any atom is 0.405 e. The number of fused-ring (bicyclic) bond motifs is 1. The van der Waals surface area contributed by atoms with E-state index < -0.39 is 34.7 Å². The van der Waals surface area contributed by atoms with Crippen LogP contribution in [0.15, 0.2) is 60.0 Å². The second-order valence-electron chi connectivity index (χ2n) is 9.56. The van der Waals surface area contributed by atoms with Gasteiger partial charge in [-0.05, 0) is 56.4 Å². The lowest BCUT2D eigenvalue weighted by Gasteiger charge is -2.15. The van der Waals surface area contributed by atoms with Crippen molar-refractivity contribution in [1.29, 1.82) is 0 Å². The number of rotatable bonds is 8. The van der Waals surface area contributed by atoms with Crippen LogP contribution in [-0.2, 0) is 14.8 Å². The quantitative estimate of drug-likeness (QED) is 0.329. The van der Waals surface area contributed by atoms with Gasteiger partial charge in [0.25, 0.3) is 10.0 Å². The van der Waals surface area contributed by atoms with Gasteiger partial charge >= 0.3 is 6.18 Å². The van der Waals surface area contributed by atoms with Gasteiger partial charge in [0.1, 0.15) is 18.4 Å². The van der Waals surface area contributed by atoms with Crippen LogP contribution in [0.3, 0.4) is 0 Å². The van der Waals surface area contributed by atoms with E-state index in [2.05, 4.69) is 20.3 Å². The highest BCUT2D eigenvalue weighted by Crippen LogP contribution is 2.42. The molecule has 5 rings (SSSR count). The van der Waals surface area contributed by atoms with Crippen molar-refractivity contribution in [1.82, 2.24) is 24.2 Å². The Morgan fingerprint density at radius 3 is 2.54 bits per heavy atom. The highest BCUT2D eigenvalue weighted by atomic mass is 32.2. The largest absolute Gasteiger partial charge is 0.405 e. The lowest BCUT2D eigenvalue weighted by Crippen LogP contribution is -2.42. The summed E-state index contributed by atoms with van der Waals surface area (Å²) in [5.41, 5.74) is 2.91. The minimum absolute atomic E-state index is 0.102. The third-order valence-corrected chi connectivity index (χ3v) is 8.06. The van der Waals surface area contributed by atoms with Crippen LogP contribution in [0.2, 0.25) is 0 Å². The van der Waals surface area contributed by atoms with Gasteiger partial charge in [-0.15, -0.1) is 0 Å². The lowest BCUT2D eigenvalue weighted by atomic mass is 10.1. The monoisotopic (exact) mass is 558 g/mol. The number of hydrogen-bond acceptors (Lipinski definition) is 7. The number of anilines is 1. The molecule has 0 radical (unpaired) electrons. The maximum absolute atomic E-state index is 13.6. The van der Waals surface area contributed by atoms with E-state index in [1.165, 1.54) is 37.6 Å². The van der Waals surface area contributed by atoms with Crippen LogP contribution in [0.5, 0.6) is 0 Å². The second kappa shape index (κ2) is 9.95. The Labute approximate surface area is 222 Å². The van der Waals surface area contributed by atoms with Crippen LogP contribution in [0.1, 0.15) is 36.8 Å². The predicted molar refractivity (Wildman–Crippen MR) is 139 cm³/mol. The van der Waals surface area contributed by atoms with Crippen LogP contribution in [-0.4, -0.2) is 52.0 Å². The van der Waals surface area contributed by atoms with Gasteiger partial charge in [-0.1, -0.05) is 17.7 Å². The van der Waals surface area contributed by atoms with E-state index in [9.17, 15) is 26.4 Å². The molecule has 204 valence electrons. The van der Waals surface area contributed by atoms with Crippen molar-refractivity contribution >= 4 is 32.8 Å². The van der Waals surface area contributed by atoms with E-state index in [0.717, 1.165) is 27.9 Å². The molecule has 1 fully saturated rings. The molecule has 2 N–H and O–H groups in total. The number of nitrogens with one attached hydrogen (secondary N) is 2. The first-order valence-electron chi connectivity index (χ1n) is 12.2. The van der Waals surface area contributed by atoms with Gasteiger partial charge in [-0.25, -0.2) is 22.4 Å². The van der Waals surface area contributed by atoms with E-state index >= 15 is 0 Å². The number of aryl methyl sites for hydroxylation is 1. The molecule has 13 heteroatoms. The Balaban J connectivity index is 1.53. The van der Waals surface area contributed by atoms with Crippen LogP contribution in [0.25, 0.3) is 22.3 Å². The summed E-state index contributed by atoms with van der Waals surface area (Å²) in [6.07, 6.45) is 3.42. The highest BCUT2D eigenvalue weighted by molar-refractivity contribution is 7.90. The number of carbonyl (C=O) groups excluding carboxylic acids is 1. The Morgan fingerprint density at radius 2 is 1.87 bits per heavy atom. The Bertz CT molecular complexity index is 1650. The molecular formula is C26H25F3N6O3S. The average molecular weight is 559 g/mol. The predicted octanol–water partition coefficient (Wildman–Crippen LogP) is 4.40. The molecule has 0 aliphatic heterocycles. The Kier molecular flexibility index (Phi) is 6.79. The number of hydrogen-bond donors (Lipinski definition) is 2. The molecule has 3 aromatic heterocycles. The minimum Gasteiger partial charge on any atom is -0.357 e. The lowest BCUT2D eigenvalue weighted by molar-refractivity contribution is -0.138. The Morgan fingerprint density at radius 1 is 1.15 bits per heavy atom. The van der Waals surface area contributed by atoms with Gasteiger partial charge in [0, 0.05) is 23.3 Å². The summed E-state index contributed by atoms with van der Waals surface area (Å²) in [6, 6.07) is 7.36. The Hall–Kier alpha value is -4.00. The summed E-state index contributed by atoms with van der Waals surface area (Å²) in [5, 5.41) is 5.14. The first-order valence-corrected chi connectivity index (χ1v) is 13.6. The van der Waals surface area contributed by atoms with E-state index in [4.69, 9.17) is 0 Å². The van der Waals surface area contributed by atoms with Crippen molar-refractivity contribution in [3.8, 4) is 11.3 Å². The fourth-order valence-electron chi connectivity index (χ4n) is 4.14. The standard InChI is InChI=1S/C26H25F3N6O3S/c1-15-3-7-19(8-4-15)39(37,38)35-13-21(20-9-18(17-5-6-17)10-31-24(20)35)22-11-30-12-23(34-22)33-16(2)25(36)32-14-26(27,28)29/h3-4,7-13,16-17H,5-6,14H2,1-2H3,(H,32,36)(H,33,34)/t16-/m1/s1. The number of pyridine rings is 1. The number of carbonyl (C=O) groups is 1. The first-order chi connectivity index (χ1) is 18.4. The van der Waals surface area contributed by atoms with E-state index in [0.29, 0.717) is 22.6 Å². The second-order valence-corrected chi connectivity index (χ2v) is 11.4. The molecule has 1 aromatic carbocycles. The summed E-state index contributed by atoms with van der Waals surface area (Å²) in [5.74, 6) is -0.365. The fraction of sp³-hybridized carbons (Fsp3) is 0.308. The van der Waals surface area contributed by atoms with E-state index in [1.807, 2.05) is 18.3 Å². The zero-order valence-electron chi connectivity index (χ0n) is 21.0. The van der Waals surface area contributed by atoms with Crippen molar-refractivity contribution in [3.63, 3.8) is 0 Å². The topological polar surface area (TPSA) is 119 Å². The van der Waals surface area contributed by atoms with Crippen LogP contribution in [0.4, 0.5) is 19.0 Å². The zero-order chi connectivity index (χ0) is 27.9. The molecule has 0 unspecified atom stereocenters. The molecule has 3 heterocycles. The molecule has 0 spiro atoms.